The molecule has 3 rings (SSSR count). The van der Waals surface area contributed by atoms with Gasteiger partial charge in [-0.05, 0) is 44.7 Å². The molecular formula is C19H23F3N2O2. The molecule has 0 saturated carbocycles. The van der Waals surface area contributed by atoms with E-state index in [2.05, 4.69) is 0 Å². The fourth-order valence-corrected chi connectivity index (χ4v) is 4.07. The summed E-state index contributed by atoms with van der Waals surface area (Å²) in [4.78, 5) is 28.8. The lowest BCUT2D eigenvalue weighted by Gasteiger charge is -2.44. The molecule has 2 amide bonds. The summed E-state index contributed by atoms with van der Waals surface area (Å²) >= 11 is 0. The van der Waals surface area contributed by atoms with Gasteiger partial charge in [-0.15, -0.1) is 0 Å². The Balaban J connectivity index is 1.81. The van der Waals surface area contributed by atoms with Gasteiger partial charge in [0.15, 0.2) is 0 Å². The van der Waals surface area contributed by atoms with E-state index in [0.717, 1.165) is 17.7 Å². The van der Waals surface area contributed by atoms with Gasteiger partial charge in [-0.2, -0.15) is 13.2 Å². The van der Waals surface area contributed by atoms with Crippen molar-refractivity contribution >= 4 is 17.5 Å². The molecule has 0 aliphatic carbocycles. The average Bonchev–Trinajstić information content (AvgIpc) is 3.00. The summed E-state index contributed by atoms with van der Waals surface area (Å²) in [7, 11) is 0. The van der Waals surface area contributed by atoms with Gasteiger partial charge in [-0.1, -0.05) is 17.7 Å². The zero-order chi connectivity index (χ0) is 18.9. The van der Waals surface area contributed by atoms with Crippen molar-refractivity contribution in [1.29, 1.82) is 0 Å². The molecule has 1 aromatic carbocycles. The molecule has 1 atom stereocenters. The zero-order valence-corrected chi connectivity index (χ0v) is 14.8. The van der Waals surface area contributed by atoms with Gasteiger partial charge in [0.2, 0.25) is 5.91 Å². The van der Waals surface area contributed by atoms with Crippen molar-refractivity contribution in [3.05, 3.63) is 29.8 Å². The third-order valence-electron chi connectivity index (χ3n) is 5.37. The SMILES string of the molecule is Cc1ccc(N2CCCC3(CCCN3C(=O)CCC(F)(F)F)C2=O)cc1. The number of nitrogens with zero attached hydrogens (tertiary/aromatic N) is 2. The van der Waals surface area contributed by atoms with E-state index in [1.807, 2.05) is 31.2 Å². The molecule has 2 aliphatic rings. The number of amides is 2. The summed E-state index contributed by atoms with van der Waals surface area (Å²) in [5, 5.41) is 0. The van der Waals surface area contributed by atoms with Crippen LogP contribution in [0.25, 0.3) is 0 Å². The monoisotopic (exact) mass is 368 g/mol. The lowest BCUT2D eigenvalue weighted by atomic mass is 9.84. The highest BCUT2D eigenvalue weighted by molar-refractivity contribution is 6.03. The van der Waals surface area contributed by atoms with Gasteiger partial charge in [0.1, 0.15) is 5.54 Å². The first-order valence-electron chi connectivity index (χ1n) is 8.99. The Hall–Kier alpha value is -2.05. The Labute approximate surface area is 151 Å². The maximum absolute atomic E-state index is 13.3. The number of anilines is 1. The molecule has 1 spiro atoms. The van der Waals surface area contributed by atoms with Crippen molar-refractivity contribution in [2.24, 2.45) is 0 Å². The zero-order valence-electron chi connectivity index (χ0n) is 14.8. The molecule has 7 heteroatoms. The number of carbonyl (C=O) groups is 2. The fraction of sp³-hybridized carbons (Fsp3) is 0.579. The second-order valence-corrected chi connectivity index (χ2v) is 7.19. The van der Waals surface area contributed by atoms with Gasteiger partial charge in [-0.3, -0.25) is 9.59 Å². The third-order valence-corrected chi connectivity index (χ3v) is 5.37. The summed E-state index contributed by atoms with van der Waals surface area (Å²) in [6.45, 7) is 2.87. The predicted octanol–water partition coefficient (Wildman–Crippen LogP) is 3.83. The predicted molar refractivity (Wildman–Crippen MR) is 91.7 cm³/mol. The topological polar surface area (TPSA) is 40.6 Å². The van der Waals surface area contributed by atoms with Gasteiger partial charge >= 0.3 is 6.18 Å². The molecule has 2 aliphatic heterocycles. The van der Waals surface area contributed by atoms with E-state index in [1.54, 1.807) is 4.90 Å². The van der Waals surface area contributed by atoms with Crippen LogP contribution in [0.3, 0.4) is 0 Å². The highest BCUT2D eigenvalue weighted by Gasteiger charge is 2.53. The second-order valence-electron chi connectivity index (χ2n) is 7.19. The number of alkyl halides is 3. The summed E-state index contributed by atoms with van der Waals surface area (Å²) in [5.41, 5.74) is 0.873. The van der Waals surface area contributed by atoms with E-state index in [1.165, 1.54) is 4.90 Å². The van der Waals surface area contributed by atoms with E-state index in [4.69, 9.17) is 0 Å². The Kier molecular flexibility index (Phi) is 4.99. The van der Waals surface area contributed by atoms with Crippen molar-refractivity contribution in [3.8, 4) is 0 Å². The summed E-state index contributed by atoms with van der Waals surface area (Å²) < 4.78 is 37.5. The van der Waals surface area contributed by atoms with Crippen LogP contribution in [0.4, 0.5) is 18.9 Å². The first kappa shape index (κ1) is 18.7. The molecule has 2 heterocycles. The Bertz CT molecular complexity index is 687. The summed E-state index contributed by atoms with van der Waals surface area (Å²) in [5.74, 6) is -0.732. The number of hydrogen-bond acceptors (Lipinski definition) is 2. The largest absolute Gasteiger partial charge is 0.389 e. The van der Waals surface area contributed by atoms with Gasteiger partial charge in [0, 0.05) is 25.2 Å². The Morgan fingerprint density at radius 2 is 1.73 bits per heavy atom. The first-order chi connectivity index (χ1) is 12.2. The smallest absolute Gasteiger partial charge is 0.328 e. The number of likely N-dealkylation sites (tertiary alicyclic amines) is 1. The number of carbonyl (C=O) groups excluding carboxylic acids is 2. The van der Waals surface area contributed by atoms with Crippen LogP contribution in [0, 0.1) is 6.92 Å². The standard InChI is InChI=1S/C19H23F3N2O2/c1-14-4-6-15(7-5-14)23-12-2-9-18(17(23)26)10-3-13-24(18)16(25)8-11-19(20,21)22/h4-7H,2-3,8-13H2,1H3. The number of halogens is 3. The van der Waals surface area contributed by atoms with Crippen molar-refractivity contribution in [2.45, 2.75) is 57.2 Å². The maximum Gasteiger partial charge on any atom is 0.389 e. The lowest BCUT2D eigenvalue weighted by Crippen LogP contribution is -2.61. The molecule has 4 nitrogen and oxygen atoms in total. The van der Waals surface area contributed by atoms with E-state index >= 15 is 0 Å². The molecule has 2 fully saturated rings. The van der Waals surface area contributed by atoms with Crippen LogP contribution in [0.1, 0.15) is 44.1 Å². The molecule has 142 valence electrons. The Morgan fingerprint density at radius 3 is 2.35 bits per heavy atom. The molecule has 0 bridgehead atoms. The molecule has 2 saturated heterocycles. The first-order valence-corrected chi connectivity index (χ1v) is 8.99. The number of piperidine rings is 1. The molecular weight excluding hydrogens is 345 g/mol. The minimum Gasteiger partial charge on any atom is -0.328 e. The average molecular weight is 368 g/mol. The van der Waals surface area contributed by atoms with Crippen LogP contribution in [0.15, 0.2) is 24.3 Å². The number of hydrogen-bond donors (Lipinski definition) is 0. The van der Waals surface area contributed by atoms with E-state index in [0.29, 0.717) is 32.4 Å². The molecule has 0 radical (unpaired) electrons. The fourth-order valence-electron chi connectivity index (χ4n) is 4.07. The van der Waals surface area contributed by atoms with E-state index < -0.39 is 30.5 Å². The van der Waals surface area contributed by atoms with Gasteiger partial charge in [-0.25, -0.2) is 0 Å². The summed E-state index contributed by atoms with van der Waals surface area (Å²) in [6.07, 6.45) is -3.70. The van der Waals surface area contributed by atoms with Gasteiger partial charge < -0.3 is 9.80 Å². The molecule has 1 unspecified atom stereocenters. The highest BCUT2D eigenvalue weighted by Crippen LogP contribution is 2.40. The number of benzene rings is 1. The van der Waals surface area contributed by atoms with Crippen LogP contribution in [-0.4, -0.2) is 41.5 Å². The molecule has 1 aromatic rings. The van der Waals surface area contributed by atoms with Crippen LogP contribution in [0.5, 0.6) is 0 Å². The minimum atomic E-state index is -4.37. The quantitative estimate of drug-likeness (QED) is 0.814. The molecule has 0 aromatic heterocycles. The molecule has 26 heavy (non-hydrogen) atoms. The van der Waals surface area contributed by atoms with Crippen LogP contribution in [0.2, 0.25) is 0 Å². The second kappa shape index (κ2) is 6.93. The van der Waals surface area contributed by atoms with Crippen LogP contribution >= 0.6 is 0 Å². The molecule has 0 N–H and O–H groups in total. The third kappa shape index (κ3) is 3.57. The van der Waals surface area contributed by atoms with Gasteiger partial charge in [0.05, 0.1) is 6.42 Å². The van der Waals surface area contributed by atoms with Crippen LogP contribution in [-0.2, 0) is 9.59 Å². The van der Waals surface area contributed by atoms with Crippen molar-refractivity contribution in [3.63, 3.8) is 0 Å². The van der Waals surface area contributed by atoms with Crippen molar-refractivity contribution in [1.82, 2.24) is 4.90 Å². The lowest BCUT2D eigenvalue weighted by molar-refractivity contribution is -0.154. The highest BCUT2D eigenvalue weighted by atomic mass is 19.4. The number of rotatable bonds is 3. The van der Waals surface area contributed by atoms with E-state index in [-0.39, 0.29) is 5.91 Å². The maximum atomic E-state index is 13.3. The van der Waals surface area contributed by atoms with Crippen molar-refractivity contribution in [2.75, 3.05) is 18.0 Å². The van der Waals surface area contributed by atoms with Crippen LogP contribution < -0.4 is 4.90 Å². The Morgan fingerprint density at radius 1 is 1.12 bits per heavy atom. The summed E-state index contributed by atoms with van der Waals surface area (Å²) in [6, 6.07) is 7.59. The van der Waals surface area contributed by atoms with Crippen molar-refractivity contribution < 1.29 is 22.8 Å². The number of aryl methyl sites for hydroxylation is 1. The van der Waals surface area contributed by atoms with Gasteiger partial charge in [0.25, 0.3) is 5.91 Å². The minimum absolute atomic E-state index is 0.162. The van der Waals surface area contributed by atoms with E-state index in [9.17, 15) is 22.8 Å². The normalized spacial score (nSPS) is 23.8.